The Morgan fingerprint density at radius 3 is 1.95 bits per heavy atom. The lowest BCUT2D eigenvalue weighted by atomic mass is 10.1. The van der Waals surface area contributed by atoms with E-state index < -0.39 is 0 Å². The summed E-state index contributed by atoms with van der Waals surface area (Å²) in [4.78, 5) is 25.0. The highest BCUT2D eigenvalue weighted by atomic mass is 32.1. The lowest BCUT2D eigenvalue weighted by molar-refractivity contribution is -0.384. The Morgan fingerprint density at radius 2 is 1.39 bits per heavy atom. The van der Waals surface area contributed by atoms with Crippen molar-refractivity contribution in [2.75, 3.05) is 82.6 Å². The number of nitrogen functional groups attached to an aromatic ring is 1. The van der Waals surface area contributed by atoms with Gasteiger partial charge in [0.1, 0.15) is 0 Å². The van der Waals surface area contributed by atoms with E-state index in [4.69, 9.17) is 5.73 Å². The first-order valence-electron chi connectivity index (χ1n) is 13.5. The van der Waals surface area contributed by atoms with Crippen LogP contribution in [0.2, 0.25) is 0 Å². The van der Waals surface area contributed by atoms with Crippen molar-refractivity contribution in [2.24, 2.45) is 0 Å². The average molecular weight is 536 g/mol. The van der Waals surface area contributed by atoms with Gasteiger partial charge < -0.3 is 20.4 Å². The number of hydrogen-bond donors (Lipinski definition) is 1. The second-order valence-electron chi connectivity index (χ2n) is 10.2. The molecule has 0 aliphatic carbocycles. The van der Waals surface area contributed by atoms with E-state index in [-0.39, 0.29) is 10.6 Å². The number of non-ortho nitro benzene ring substituents is 1. The number of anilines is 2. The molecule has 0 saturated carbocycles. The Morgan fingerprint density at radius 1 is 0.816 bits per heavy atom. The minimum Gasteiger partial charge on any atom is -0.375 e. The van der Waals surface area contributed by atoms with E-state index in [1.165, 1.54) is 29.9 Å². The molecule has 3 heterocycles. The number of aromatic nitrogens is 1. The second-order valence-corrected chi connectivity index (χ2v) is 11.0. The first kappa shape index (κ1) is 26.6. The standard InChI is InChI=1S/C28H37N7O2S/c29-28-30-27(22-38-28)24-4-2-23(3-5-24)10-13-33-16-14-31(15-17-33)11-1-12-32-18-20-34(21-19-32)25-6-8-26(9-7-25)35(36)37/h2-9,22H,1,10-21H2,(H2,29,30). The molecule has 2 fully saturated rings. The maximum Gasteiger partial charge on any atom is 0.269 e. The molecule has 2 aromatic carbocycles. The van der Waals surface area contributed by atoms with Crippen LogP contribution < -0.4 is 10.6 Å². The minimum atomic E-state index is -0.344. The maximum atomic E-state index is 10.9. The fourth-order valence-electron chi connectivity index (χ4n) is 5.32. The summed E-state index contributed by atoms with van der Waals surface area (Å²) in [6.07, 6.45) is 2.28. The van der Waals surface area contributed by atoms with Gasteiger partial charge in [-0.1, -0.05) is 24.3 Å². The molecule has 0 atom stereocenters. The van der Waals surface area contributed by atoms with Gasteiger partial charge in [0.25, 0.3) is 5.69 Å². The summed E-state index contributed by atoms with van der Waals surface area (Å²) in [5.74, 6) is 0. The van der Waals surface area contributed by atoms with Crippen LogP contribution in [0.4, 0.5) is 16.5 Å². The molecule has 0 spiro atoms. The molecule has 2 aliphatic rings. The zero-order valence-electron chi connectivity index (χ0n) is 21.9. The number of nitro groups is 1. The molecule has 0 bridgehead atoms. The van der Waals surface area contributed by atoms with Gasteiger partial charge in [-0.3, -0.25) is 15.0 Å². The van der Waals surface area contributed by atoms with E-state index in [2.05, 4.69) is 48.8 Å². The molecule has 3 aromatic rings. The molecule has 202 valence electrons. The maximum absolute atomic E-state index is 10.9. The molecule has 9 nitrogen and oxygen atoms in total. The highest BCUT2D eigenvalue weighted by molar-refractivity contribution is 7.13. The largest absolute Gasteiger partial charge is 0.375 e. The number of benzene rings is 2. The first-order valence-corrected chi connectivity index (χ1v) is 14.4. The summed E-state index contributed by atoms with van der Waals surface area (Å²) < 4.78 is 0. The van der Waals surface area contributed by atoms with Crippen LogP contribution in [0.25, 0.3) is 11.3 Å². The van der Waals surface area contributed by atoms with Crippen LogP contribution in [-0.2, 0) is 6.42 Å². The monoisotopic (exact) mass is 535 g/mol. The molecule has 10 heteroatoms. The Kier molecular flexibility index (Phi) is 8.85. The molecule has 2 aliphatic heterocycles. The molecule has 0 radical (unpaired) electrons. The first-order chi connectivity index (χ1) is 18.5. The van der Waals surface area contributed by atoms with Crippen molar-refractivity contribution in [1.82, 2.24) is 19.7 Å². The summed E-state index contributed by atoms with van der Waals surface area (Å²) in [7, 11) is 0. The van der Waals surface area contributed by atoms with Gasteiger partial charge in [-0.25, -0.2) is 4.98 Å². The van der Waals surface area contributed by atoms with E-state index >= 15 is 0 Å². The smallest absolute Gasteiger partial charge is 0.269 e. The van der Waals surface area contributed by atoms with Gasteiger partial charge in [0.15, 0.2) is 5.13 Å². The van der Waals surface area contributed by atoms with Crippen molar-refractivity contribution in [1.29, 1.82) is 0 Å². The van der Waals surface area contributed by atoms with E-state index in [0.717, 1.165) is 88.8 Å². The number of thiazole rings is 1. The molecular formula is C28H37N7O2S. The normalized spacial score (nSPS) is 17.6. The van der Waals surface area contributed by atoms with E-state index in [0.29, 0.717) is 5.13 Å². The Labute approximate surface area is 228 Å². The lowest BCUT2D eigenvalue weighted by Crippen LogP contribution is -2.49. The molecule has 2 N–H and O–H groups in total. The molecule has 5 rings (SSSR count). The van der Waals surface area contributed by atoms with Gasteiger partial charge in [-0.05, 0) is 43.6 Å². The van der Waals surface area contributed by atoms with Crippen molar-refractivity contribution >= 4 is 27.8 Å². The van der Waals surface area contributed by atoms with Gasteiger partial charge in [0.2, 0.25) is 0 Å². The van der Waals surface area contributed by atoms with Gasteiger partial charge in [-0.15, -0.1) is 11.3 Å². The Hall–Kier alpha value is -3.05. The molecular weight excluding hydrogens is 498 g/mol. The summed E-state index contributed by atoms with van der Waals surface area (Å²) in [5, 5.41) is 13.5. The van der Waals surface area contributed by atoms with Crippen molar-refractivity contribution in [3.8, 4) is 11.3 Å². The van der Waals surface area contributed by atoms with Crippen LogP contribution in [0.5, 0.6) is 0 Å². The van der Waals surface area contributed by atoms with Gasteiger partial charge >= 0.3 is 0 Å². The summed E-state index contributed by atoms with van der Waals surface area (Å²) in [6.45, 7) is 12.0. The number of nitrogens with two attached hydrogens (primary N) is 1. The van der Waals surface area contributed by atoms with Gasteiger partial charge in [-0.2, -0.15) is 0 Å². The van der Waals surface area contributed by atoms with Crippen molar-refractivity contribution in [3.05, 3.63) is 69.6 Å². The van der Waals surface area contributed by atoms with E-state index in [1.807, 2.05) is 17.5 Å². The van der Waals surface area contributed by atoms with E-state index in [9.17, 15) is 10.1 Å². The number of hydrogen-bond acceptors (Lipinski definition) is 9. The highest BCUT2D eigenvalue weighted by Crippen LogP contribution is 2.24. The third kappa shape index (κ3) is 7.08. The lowest BCUT2D eigenvalue weighted by Gasteiger charge is -2.37. The van der Waals surface area contributed by atoms with Crippen LogP contribution in [0, 0.1) is 10.1 Å². The van der Waals surface area contributed by atoms with Crippen LogP contribution in [0.3, 0.4) is 0 Å². The third-order valence-electron chi connectivity index (χ3n) is 7.70. The van der Waals surface area contributed by atoms with Crippen molar-refractivity contribution < 1.29 is 4.92 Å². The summed E-state index contributed by atoms with van der Waals surface area (Å²) in [6, 6.07) is 15.7. The molecule has 0 unspecified atom stereocenters. The summed E-state index contributed by atoms with van der Waals surface area (Å²) >= 11 is 1.48. The minimum absolute atomic E-state index is 0.150. The van der Waals surface area contributed by atoms with Crippen LogP contribution in [0.1, 0.15) is 12.0 Å². The van der Waals surface area contributed by atoms with Crippen LogP contribution in [-0.4, -0.2) is 96.6 Å². The zero-order chi connectivity index (χ0) is 26.3. The van der Waals surface area contributed by atoms with E-state index in [1.54, 1.807) is 12.1 Å². The fraction of sp³-hybridized carbons (Fsp3) is 0.464. The number of nitrogens with zero attached hydrogens (tertiary/aromatic N) is 6. The predicted octanol–water partition coefficient (Wildman–Crippen LogP) is 3.67. The SMILES string of the molecule is Nc1nc(-c2ccc(CCN3CCN(CCCN4CCN(c5ccc([N+](=O)[O-])cc5)CC4)CC3)cc2)cs1. The number of piperazine rings is 2. The number of nitro benzene ring substituents is 1. The van der Waals surface area contributed by atoms with Gasteiger partial charge in [0, 0.05) is 87.7 Å². The number of rotatable bonds is 10. The van der Waals surface area contributed by atoms with Gasteiger partial charge in [0.05, 0.1) is 10.6 Å². The second kappa shape index (κ2) is 12.7. The van der Waals surface area contributed by atoms with Crippen molar-refractivity contribution in [3.63, 3.8) is 0 Å². The average Bonchev–Trinajstić information content (AvgIpc) is 3.39. The topological polar surface area (TPSA) is 95.0 Å². The highest BCUT2D eigenvalue weighted by Gasteiger charge is 2.20. The molecule has 2 saturated heterocycles. The third-order valence-corrected chi connectivity index (χ3v) is 8.37. The molecule has 0 amide bonds. The Bertz CT molecular complexity index is 1170. The predicted molar refractivity (Wildman–Crippen MR) is 155 cm³/mol. The fourth-order valence-corrected chi connectivity index (χ4v) is 5.89. The Balaban J connectivity index is 0.948. The summed E-state index contributed by atoms with van der Waals surface area (Å²) in [5.41, 5.74) is 10.4. The molecule has 38 heavy (non-hydrogen) atoms. The van der Waals surface area contributed by atoms with Crippen molar-refractivity contribution in [2.45, 2.75) is 12.8 Å². The molecule has 1 aromatic heterocycles. The van der Waals surface area contributed by atoms with Crippen LogP contribution >= 0.6 is 11.3 Å². The quantitative estimate of drug-likeness (QED) is 0.310. The van der Waals surface area contributed by atoms with Crippen LogP contribution in [0.15, 0.2) is 53.9 Å². The zero-order valence-corrected chi connectivity index (χ0v) is 22.7.